The van der Waals surface area contributed by atoms with Gasteiger partial charge in [-0.3, -0.25) is 4.79 Å². The van der Waals surface area contributed by atoms with E-state index in [4.69, 9.17) is 34.8 Å². The molecule has 16 heavy (non-hydrogen) atoms. The summed E-state index contributed by atoms with van der Waals surface area (Å²) in [6, 6.07) is 4.98. The van der Waals surface area contributed by atoms with Crippen LogP contribution in [-0.4, -0.2) is 18.3 Å². The molecule has 1 N–H and O–H groups in total. The van der Waals surface area contributed by atoms with Crippen LogP contribution in [0.4, 0.5) is 0 Å². The normalized spacial score (nSPS) is 10.2. The lowest BCUT2D eigenvalue weighted by Crippen LogP contribution is -2.25. The molecule has 0 unspecified atom stereocenters. The molecule has 2 nitrogen and oxygen atoms in total. The Morgan fingerprint density at radius 2 is 1.81 bits per heavy atom. The summed E-state index contributed by atoms with van der Waals surface area (Å²) >= 11 is 17.3. The van der Waals surface area contributed by atoms with E-state index in [2.05, 4.69) is 5.32 Å². The van der Waals surface area contributed by atoms with Crippen LogP contribution in [0.1, 0.15) is 23.2 Å². The van der Waals surface area contributed by atoms with Gasteiger partial charge in [0.1, 0.15) is 0 Å². The highest BCUT2D eigenvalue weighted by Crippen LogP contribution is 2.23. The molecule has 5 heteroatoms. The van der Waals surface area contributed by atoms with Gasteiger partial charge in [-0.15, -0.1) is 11.6 Å². The number of carbonyl (C=O) groups excluding carboxylic acids is 1. The molecule has 1 aromatic carbocycles. The summed E-state index contributed by atoms with van der Waals surface area (Å²) in [6.07, 6.45) is 1.72. The van der Waals surface area contributed by atoms with Gasteiger partial charge < -0.3 is 5.32 Å². The Hall–Kier alpha value is -0.440. The van der Waals surface area contributed by atoms with Gasteiger partial charge in [-0.25, -0.2) is 0 Å². The van der Waals surface area contributed by atoms with Gasteiger partial charge in [0.2, 0.25) is 0 Å². The van der Waals surface area contributed by atoms with Crippen LogP contribution in [0.15, 0.2) is 18.2 Å². The van der Waals surface area contributed by atoms with Gasteiger partial charge in [0.05, 0.1) is 15.6 Å². The Morgan fingerprint density at radius 1 is 1.19 bits per heavy atom. The van der Waals surface area contributed by atoms with Gasteiger partial charge >= 0.3 is 0 Å². The van der Waals surface area contributed by atoms with Crippen molar-refractivity contribution >= 4 is 40.7 Å². The average molecular weight is 281 g/mol. The molecule has 0 fully saturated rings. The summed E-state index contributed by atoms with van der Waals surface area (Å²) in [5.74, 6) is 0.355. The quantitative estimate of drug-likeness (QED) is 0.646. The third kappa shape index (κ3) is 3.85. The van der Waals surface area contributed by atoms with E-state index in [-0.39, 0.29) is 5.91 Å². The molecule has 0 atom stereocenters. The van der Waals surface area contributed by atoms with Gasteiger partial charge in [-0.05, 0) is 25.0 Å². The van der Waals surface area contributed by atoms with E-state index in [0.717, 1.165) is 12.8 Å². The number of amides is 1. The summed E-state index contributed by atoms with van der Waals surface area (Å²) in [5.41, 5.74) is 0.330. The number of unbranched alkanes of at least 4 members (excludes halogenated alkanes) is 1. The maximum atomic E-state index is 11.7. The van der Waals surface area contributed by atoms with E-state index in [0.29, 0.717) is 28.0 Å². The maximum Gasteiger partial charge on any atom is 0.254 e. The molecule has 0 bridgehead atoms. The van der Waals surface area contributed by atoms with Crippen molar-refractivity contribution in [3.8, 4) is 0 Å². The van der Waals surface area contributed by atoms with Crippen molar-refractivity contribution in [1.82, 2.24) is 5.32 Å². The predicted molar refractivity (Wildman–Crippen MR) is 68.7 cm³/mol. The van der Waals surface area contributed by atoms with Crippen LogP contribution in [0.5, 0.6) is 0 Å². The summed E-state index contributed by atoms with van der Waals surface area (Å²) in [7, 11) is 0. The monoisotopic (exact) mass is 279 g/mol. The first-order chi connectivity index (χ1) is 7.66. The highest BCUT2D eigenvalue weighted by molar-refractivity contribution is 6.39. The van der Waals surface area contributed by atoms with E-state index in [1.165, 1.54) is 0 Å². The van der Waals surface area contributed by atoms with Crippen LogP contribution >= 0.6 is 34.8 Å². The van der Waals surface area contributed by atoms with Crippen LogP contribution in [0.2, 0.25) is 10.0 Å². The standard InChI is InChI=1S/C11H12Cl3NO/c12-6-1-2-7-15-11(16)10-8(13)4-3-5-9(10)14/h3-5H,1-2,6-7H2,(H,15,16). The highest BCUT2D eigenvalue weighted by atomic mass is 35.5. The third-order valence-corrected chi connectivity index (χ3v) is 2.93. The summed E-state index contributed by atoms with van der Waals surface area (Å²) in [5, 5.41) is 3.48. The fourth-order valence-corrected chi connectivity index (χ4v) is 1.98. The van der Waals surface area contributed by atoms with Crippen molar-refractivity contribution in [3.63, 3.8) is 0 Å². The van der Waals surface area contributed by atoms with Gasteiger partial charge in [-0.2, -0.15) is 0 Å². The summed E-state index contributed by atoms with van der Waals surface area (Å²) < 4.78 is 0. The fraction of sp³-hybridized carbons (Fsp3) is 0.364. The van der Waals surface area contributed by atoms with Crippen LogP contribution in [-0.2, 0) is 0 Å². The first-order valence-electron chi connectivity index (χ1n) is 4.95. The molecule has 1 rings (SSSR count). The zero-order chi connectivity index (χ0) is 12.0. The Morgan fingerprint density at radius 3 is 2.38 bits per heavy atom. The molecule has 0 aliphatic rings. The molecule has 1 aromatic rings. The Bertz CT molecular complexity index is 348. The average Bonchev–Trinajstić information content (AvgIpc) is 2.24. The molecule has 0 heterocycles. The minimum Gasteiger partial charge on any atom is -0.352 e. The second kappa shape index (κ2) is 7.00. The van der Waals surface area contributed by atoms with Crippen molar-refractivity contribution in [1.29, 1.82) is 0 Å². The molecular weight excluding hydrogens is 268 g/mol. The van der Waals surface area contributed by atoms with Gasteiger partial charge in [0.25, 0.3) is 5.91 Å². The summed E-state index contributed by atoms with van der Waals surface area (Å²) in [6.45, 7) is 0.576. The van der Waals surface area contributed by atoms with Crippen LogP contribution in [0.25, 0.3) is 0 Å². The number of carbonyl (C=O) groups is 1. The Labute approximate surface area is 110 Å². The lowest BCUT2D eigenvalue weighted by Gasteiger charge is -2.07. The second-order valence-electron chi connectivity index (χ2n) is 3.25. The fourth-order valence-electron chi connectivity index (χ4n) is 1.22. The van der Waals surface area contributed by atoms with Crippen LogP contribution < -0.4 is 5.32 Å². The second-order valence-corrected chi connectivity index (χ2v) is 4.44. The molecule has 88 valence electrons. The van der Waals surface area contributed by atoms with Crippen molar-refractivity contribution < 1.29 is 4.79 Å². The molecule has 0 aliphatic heterocycles. The SMILES string of the molecule is O=C(NCCCCCl)c1c(Cl)cccc1Cl. The number of hydrogen-bond donors (Lipinski definition) is 1. The van der Waals surface area contributed by atoms with Crippen molar-refractivity contribution in [2.75, 3.05) is 12.4 Å². The number of alkyl halides is 1. The molecule has 0 saturated heterocycles. The number of halogens is 3. The molecular formula is C11H12Cl3NO. The largest absolute Gasteiger partial charge is 0.352 e. The van der Waals surface area contributed by atoms with E-state index < -0.39 is 0 Å². The van der Waals surface area contributed by atoms with Crippen LogP contribution in [0.3, 0.4) is 0 Å². The van der Waals surface area contributed by atoms with E-state index >= 15 is 0 Å². The highest BCUT2D eigenvalue weighted by Gasteiger charge is 2.13. The maximum absolute atomic E-state index is 11.7. The first-order valence-corrected chi connectivity index (χ1v) is 6.24. The Kier molecular flexibility index (Phi) is 5.96. The first kappa shape index (κ1) is 13.6. The van der Waals surface area contributed by atoms with E-state index in [9.17, 15) is 4.79 Å². The molecule has 0 saturated carbocycles. The topological polar surface area (TPSA) is 29.1 Å². The van der Waals surface area contributed by atoms with E-state index in [1.807, 2.05) is 0 Å². The summed E-state index contributed by atoms with van der Waals surface area (Å²) in [4.78, 5) is 11.7. The number of hydrogen-bond acceptors (Lipinski definition) is 1. The zero-order valence-electron chi connectivity index (χ0n) is 8.60. The predicted octanol–water partition coefficient (Wildman–Crippen LogP) is 3.74. The number of nitrogens with one attached hydrogen (secondary N) is 1. The van der Waals surface area contributed by atoms with Crippen molar-refractivity contribution in [2.45, 2.75) is 12.8 Å². The minimum atomic E-state index is -0.245. The number of rotatable bonds is 5. The lowest BCUT2D eigenvalue weighted by molar-refractivity contribution is 0.0953. The molecule has 0 aromatic heterocycles. The lowest BCUT2D eigenvalue weighted by atomic mass is 10.2. The third-order valence-electron chi connectivity index (χ3n) is 2.04. The minimum absolute atomic E-state index is 0.245. The van der Waals surface area contributed by atoms with Crippen molar-refractivity contribution in [2.24, 2.45) is 0 Å². The van der Waals surface area contributed by atoms with Gasteiger partial charge in [0, 0.05) is 12.4 Å². The molecule has 0 spiro atoms. The smallest absolute Gasteiger partial charge is 0.254 e. The number of benzene rings is 1. The molecule has 0 aliphatic carbocycles. The zero-order valence-corrected chi connectivity index (χ0v) is 10.9. The molecule has 0 radical (unpaired) electrons. The Balaban J connectivity index is 2.59. The van der Waals surface area contributed by atoms with Crippen molar-refractivity contribution in [3.05, 3.63) is 33.8 Å². The van der Waals surface area contributed by atoms with Gasteiger partial charge in [0.15, 0.2) is 0 Å². The van der Waals surface area contributed by atoms with E-state index in [1.54, 1.807) is 18.2 Å². The van der Waals surface area contributed by atoms with Crippen LogP contribution in [0, 0.1) is 0 Å². The molecule has 1 amide bonds. The van der Waals surface area contributed by atoms with Gasteiger partial charge in [-0.1, -0.05) is 29.3 Å².